The minimum atomic E-state index is -2.70. The Bertz CT molecular complexity index is 350. The molecule has 0 radical (unpaired) electrons. The highest BCUT2D eigenvalue weighted by atomic mass is 31.1. The van der Waals surface area contributed by atoms with Gasteiger partial charge in [-0.15, -0.1) is 9.42 Å². The van der Waals surface area contributed by atoms with Gasteiger partial charge in [-0.25, -0.2) is 0 Å². The molecule has 0 bridgehead atoms. The predicted molar refractivity (Wildman–Crippen MR) is 55.6 cm³/mol. The second-order valence-corrected chi connectivity index (χ2v) is 3.84. The van der Waals surface area contributed by atoms with E-state index in [1.54, 1.807) is 6.92 Å². The van der Waals surface area contributed by atoms with Crippen molar-refractivity contribution < 1.29 is 18.8 Å². The molecule has 2 unspecified atom stereocenters. The van der Waals surface area contributed by atoms with Crippen LogP contribution in [-0.4, -0.2) is 17.3 Å². The van der Waals surface area contributed by atoms with Crippen molar-refractivity contribution >= 4 is 14.0 Å². The zero-order chi connectivity index (χ0) is 11.3. The van der Waals surface area contributed by atoms with Gasteiger partial charge >= 0.3 is 8.25 Å². The summed E-state index contributed by atoms with van der Waals surface area (Å²) in [6.45, 7) is 1.41. The largest absolute Gasteiger partial charge is 0.695 e. The van der Waals surface area contributed by atoms with Gasteiger partial charge in [0.25, 0.3) is 0 Å². The van der Waals surface area contributed by atoms with Crippen molar-refractivity contribution in [3.63, 3.8) is 0 Å². The lowest BCUT2D eigenvalue weighted by molar-refractivity contribution is -0.122. The normalized spacial score (nSPS) is 13.3. The summed E-state index contributed by atoms with van der Waals surface area (Å²) >= 11 is 0. The van der Waals surface area contributed by atoms with E-state index in [9.17, 15) is 9.36 Å². The van der Waals surface area contributed by atoms with Crippen LogP contribution >= 0.6 is 8.25 Å². The molecule has 0 aliphatic rings. The Hall–Kier alpha value is -1.09. The average molecular weight is 227 g/mol. The van der Waals surface area contributed by atoms with Crippen LogP contribution in [0.5, 0.6) is 0 Å². The first-order chi connectivity index (χ1) is 7.11. The highest BCUT2D eigenvalue weighted by molar-refractivity contribution is 7.32. The van der Waals surface area contributed by atoms with Gasteiger partial charge in [0.15, 0.2) is 12.4 Å². The minimum absolute atomic E-state index is 0.210. The summed E-state index contributed by atoms with van der Waals surface area (Å²) in [5, 5.41) is 0. The van der Waals surface area contributed by atoms with Crippen LogP contribution in [-0.2, 0) is 13.9 Å². The number of carbonyl (C=O) groups is 1. The number of rotatable bonds is 5. The number of carbonyl (C=O) groups excluding carboxylic acids is 1. The molecule has 0 fully saturated rings. The van der Waals surface area contributed by atoms with Gasteiger partial charge in [-0.05, 0) is 5.56 Å². The van der Waals surface area contributed by atoms with Crippen molar-refractivity contribution in [3.05, 3.63) is 35.9 Å². The smallest absolute Gasteiger partial charge is 0.296 e. The number of benzene rings is 1. The quantitative estimate of drug-likeness (QED) is 0.781. The van der Waals surface area contributed by atoms with Crippen LogP contribution in [0.4, 0.5) is 0 Å². The second-order valence-electron chi connectivity index (χ2n) is 3.11. The molecule has 1 N–H and O–H groups in total. The van der Waals surface area contributed by atoms with E-state index >= 15 is 0 Å². The maximum atomic E-state index is 11.5. The molecule has 0 heterocycles. The van der Waals surface area contributed by atoms with Crippen molar-refractivity contribution in [1.82, 2.24) is 0 Å². The SMILES string of the molecule is CC(C(=O)CO[P+](=O)O)c1ccccc1. The maximum absolute atomic E-state index is 11.5. The summed E-state index contributed by atoms with van der Waals surface area (Å²) in [6.07, 6.45) is 0. The number of hydrogen-bond acceptors (Lipinski definition) is 3. The molecular weight excluding hydrogens is 215 g/mol. The topological polar surface area (TPSA) is 63.6 Å². The fourth-order valence-electron chi connectivity index (χ4n) is 1.17. The van der Waals surface area contributed by atoms with E-state index in [0.29, 0.717) is 0 Å². The highest BCUT2D eigenvalue weighted by Gasteiger charge is 2.20. The first-order valence-electron chi connectivity index (χ1n) is 4.48. The van der Waals surface area contributed by atoms with Gasteiger partial charge in [0.05, 0.1) is 0 Å². The standard InChI is InChI=1S/C10H11O4P/c1-8(9-5-3-2-4-6-9)10(11)7-14-15(12)13/h2-6,8H,7H2,1H3/p+1. The fraction of sp³-hybridized carbons (Fsp3) is 0.300. The van der Waals surface area contributed by atoms with Crippen molar-refractivity contribution in [2.45, 2.75) is 12.8 Å². The average Bonchev–Trinajstić information content (AvgIpc) is 2.26. The third kappa shape index (κ3) is 3.88. The summed E-state index contributed by atoms with van der Waals surface area (Å²) in [5.41, 5.74) is 0.874. The van der Waals surface area contributed by atoms with Crippen LogP contribution < -0.4 is 0 Å². The van der Waals surface area contributed by atoms with E-state index in [2.05, 4.69) is 4.52 Å². The monoisotopic (exact) mass is 227 g/mol. The van der Waals surface area contributed by atoms with Crippen LogP contribution in [0.1, 0.15) is 18.4 Å². The summed E-state index contributed by atoms with van der Waals surface area (Å²) in [4.78, 5) is 19.9. The first kappa shape index (κ1) is 12.0. The van der Waals surface area contributed by atoms with E-state index in [4.69, 9.17) is 4.89 Å². The minimum Gasteiger partial charge on any atom is -0.296 e. The zero-order valence-corrected chi connectivity index (χ0v) is 9.18. The Morgan fingerprint density at radius 3 is 2.60 bits per heavy atom. The number of Topliss-reactive ketones (excluding diaryl/α,β-unsaturated/α-hetero) is 1. The second kappa shape index (κ2) is 5.71. The molecule has 0 aliphatic heterocycles. The Labute approximate surface area is 88.8 Å². The van der Waals surface area contributed by atoms with Gasteiger partial charge < -0.3 is 0 Å². The number of hydrogen-bond donors (Lipinski definition) is 1. The number of ketones is 1. The maximum Gasteiger partial charge on any atom is 0.695 e. The predicted octanol–water partition coefficient (Wildman–Crippen LogP) is 2.03. The van der Waals surface area contributed by atoms with Crippen LogP contribution in [0, 0.1) is 0 Å². The van der Waals surface area contributed by atoms with Crippen LogP contribution in [0.25, 0.3) is 0 Å². The molecule has 2 atom stereocenters. The summed E-state index contributed by atoms with van der Waals surface area (Å²) < 4.78 is 14.6. The molecule has 1 aromatic rings. The van der Waals surface area contributed by atoms with Crippen molar-refractivity contribution in [2.24, 2.45) is 0 Å². The molecule has 0 saturated carbocycles. The van der Waals surface area contributed by atoms with Gasteiger partial charge in [-0.3, -0.25) is 4.79 Å². The van der Waals surface area contributed by atoms with Crippen molar-refractivity contribution in [2.75, 3.05) is 6.61 Å². The van der Waals surface area contributed by atoms with E-state index in [-0.39, 0.29) is 18.3 Å². The van der Waals surface area contributed by atoms with Gasteiger partial charge in [-0.1, -0.05) is 37.3 Å². The molecule has 1 aromatic carbocycles. The lowest BCUT2D eigenvalue weighted by atomic mass is 9.97. The molecule has 4 nitrogen and oxygen atoms in total. The Morgan fingerprint density at radius 2 is 2.07 bits per heavy atom. The molecule has 0 spiro atoms. The van der Waals surface area contributed by atoms with E-state index in [1.807, 2.05) is 30.3 Å². The first-order valence-corrected chi connectivity index (χ1v) is 5.61. The van der Waals surface area contributed by atoms with Crippen LogP contribution in [0.2, 0.25) is 0 Å². The molecule has 15 heavy (non-hydrogen) atoms. The summed E-state index contributed by atoms with van der Waals surface area (Å²) in [6, 6.07) is 9.21. The lowest BCUT2D eigenvalue weighted by Gasteiger charge is -2.07. The highest BCUT2D eigenvalue weighted by Crippen LogP contribution is 2.19. The van der Waals surface area contributed by atoms with Gasteiger partial charge in [0, 0.05) is 10.5 Å². The van der Waals surface area contributed by atoms with Crippen LogP contribution in [0.15, 0.2) is 30.3 Å². The third-order valence-corrected chi connectivity index (χ3v) is 2.45. The molecule has 80 valence electrons. The molecular formula is C10H12O4P+. The molecule has 0 amide bonds. The van der Waals surface area contributed by atoms with Crippen molar-refractivity contribution in [3.8, 4) is 0 Å². The lowest BCUT2D eigenvalue weighted by Crippen LogP contribution is -2.14. The summed E-state index contributed by atoms with van der Waals surface area (Å²) in [5.74, 6) is -0.528. The molecule has 0 saturated heterocycles. The van der Waals surface area contributed by atoms with Gasteiger partial charge in [0.1, 0.15) is 0 Å². The Kier molecular flexibility index (Phi) is 4.56. The van der Waals surface area contributed by atoms with E-state index in [0.717, 1.165) is 5.56 Å². The molecule has 5 heteroatoms. The molecule has 0 aliphatic carbocycles. The van der Waals surface area contributed by atoms with E-state index < -0.39 is 8.25 Å². The zero-order valence-electron chi connectivity index (χ0n) is 8.29. The Balaban J connectivity index is 2.57. The third-order valence-electron chi connectivity index (χ3n) is 2.10. The molecule has 0 aromatic heterocycles. The molecule has 1 rings (SSSR count). The van der Waals surface area contributed by atoms with Crippen LogP contribution in [0.3, 0.4) is 0 Å². The fourth-order valence-corrected chi connectivity index (χ4v) is 1.41. The van der Waals surface area contributed by atoms with Crippen molar-refractivity contribution in [1.29, 1.82) is 0 Å². The van der Waals surface area contributed by atoms with Gasteiger partial charge in [0.2, 0.25) is 0 Å². The van der Waals surface area contributed by atoms with E-state index in [1.165, 1.54) is 0 Å². The Morgan fingerprint density at radius 1 is 1.47 bits per heavy atom. The van der Waals surface area contributed by atoms with Gasteiger partial charge in [-0.2, -0.15) is 0 Å². The summed E-state index contributed by atoms with van der Waals surface area (Å²) in [7, 11) is -2.70.